The summed E-state index contributed by atoms with van der Waals surface area (Å²) < 4.78 is 21.1. The fourth-order valence-electron chi connectivity index (χ4n) is 3.88. The summed E-state index contributed by atoms with van der Waals surface area (Å²) in [6.07, 6.45) is 22.2. The van der Waals surface area contributed by atoms with Gasteiger partial charge in [-0.3, -0.25) is 9.59 Å². The molecule has 0 radical (unpaired) electrons. The molecule has 6 nitrogen and oxygen atoms in total. The van der Waals surface area contributed by atoms with E-state index in [2.05, 4.69) is 13.8 Å². The van der Waals surface area contributed by atoms with Crippen LogP contribution in [0.1, 0.15) is 136 Å². The molecule has 0 fully saturated rings. The number of hydrogen-bond acceptors (Lipinski definition) is 6. The van der Waals surface area contributed by atoms with Crippen LogP contribution in [0.3, 0.4) is 0 Å². The predicted molar refractivity (Wildman–Crippen MR) is 143 cm³/mol. The second kappa shape index (κ2) is 29.1. The molecule has 0 saturated heterocycles. The fraction of sp³-hybridized carbons (Fsp3) is 0.931. The Bertz CT molecular complexity index is 454. The van der Waals surface area contributed by atoms with Crippen molar-refractivity contribution >= 4 is 11.9 Å². The van der Waals surface area contributed by atoms with Gasteiger partial charge in [0.2, 0.25) is 0 Å². The Hall–Kier alpha value is -1.14. The maximum Gasteiger partial charge on any atom is 0.305 e. The highest BCUT2D eigenvalue weighted by Gasteiger charge is 2.04. The van der Waals surface area contributed by atoms with E-state index in [-0.39, 0.29) is 25.2 Å². The molecule has 0 aromatic heterocycles. The zero-order valence-electron chi connectivity index (χ0n) is 23.1. The second-order valence-electron chi connectivity index (χ2n) is 9.47. The van der Waals surface area contributed by atoms with Crippen LogP contribution in [0.25, 0.3) is 0 Å². The van der Waals surface area contributed by atoms with Gasteiger partial charge in [-0.05, 0) is 12.8 Å². The van der Waals surface area contributed by atoms with Crippen LogP contribution in [-0.2, 0) is 28.5 Å². The van der Waals surface area contributed by atoms with Crippen molar-refractivity contribution in [1.29, 1.82) is 0 Å². The van der Waals surface area contributed by atoms with E-state index < -0.39 is 0 Å². The third kappa shape index (κ3) is 29.0. The lowest BCUT2D eigenvalue weighted by Gasteiger charge is -2.08. The van der Waals surface area contributed by atoms with Crippen LogP contribution in [0.2, 0.25) is 0 Å². The maximum atomic E-state index is 11.8. The summed E-state index contributed by atoms with van der Waals surface area (Å²) in [5, 5.41) is 0. The number of unbranched alkanes of at least 4 members (excludes halogenated alkanes) is 15. The molecule has 0 aliphatic rings. The van der Waals surface area contributed by atoms with E-state index >= 15 is 0 Å². The summed E-state index contributed by atoms with van der Waals surface area (Å²) in [5.74, 6) is -0.286. The first kappa shape index (κ1) is 33.9. The highest BCUT2D eigenvalue weighted by Crippen LogP contribution is 2.13. The molecule has 0 unspecified atom stereocenters. The molecule has 0 aromatic rings. The SMILES string of the molecule is CCCCCCCCCCCCCCCC(=O)OCCOCCOCCOC(=O)CCCCCC. The number of carbonyl (C=O) groups excluding carboxylic acids is 2. The van der Waals surface area contributed by atoms with Gasteiger partial charge in [0.1, 0.15) is 13.2 Å². The van der Waals surface area contributed by atoms with Crippen molar-refractivity contribution < 1.29 is 28.5 Å². The van der Waals surface area contributed by atoms with Crippen LogP contribution in [-0.4, -0.2) is 51.6 Å². The van der Waals surface area contributed by atoms with Crippen molar-refractivity contribution in [3.05, 3.63) is 0 Å². The van der Waals surface area contributed by atoms with Crippen LogP contribution >= 0.6 is 0 Å². The monoisotopic (exact) mass is 500 g/mol. The van der Waals surface area contributed by atoms with Crippen molar-refractivity contribution in [2.75, 3.05) is 39.6 Å². The molecule has 0 bridgehead atoms. The summed E-state index contributed by atoms with van der Waals surface area (Å²) in [5.41, 5.74) is 0. The van der Waals surface area contributed by atoms with Crippen LogP contribution < -0.4 is 0 Å². The van der Waals surface area contributed by atoms with Gasteiger partial charge < -0.3 is 18.9 Å². The smallest absolute Gasteiger partial charge is 0.305 e. The molecule has 0 atom stereocenters. The van der Waals surface area contributed by atoms with Crippen molar-refractivity contribution in [3.8, 4) is 0 Å². The molecule has 0 heterocycles. The largest absolute Gasteiger partial charge is 0.463 e. The van der Waals surface area contributed by atoms with Gasteiger partial charge in [-0.1, -0.05) is 110 Å². The molecule has 0 aromatic carbocycles. The average Bonchev–Trinajstić information content (AvgIpc) is 2.85. The minimum atomic E-state index is -0.151. The third-order valence-electron chi connectivity index (χ3n) is 6.07. The summed E-state index contributed by atoms with van der Waals surface area (Å²) in [7, 11) is 0. The summed E-state index contributed by atoms with van der Waals surface area (Å²) in [6, 6.07) is 0. The summed E-state index contributed by atoms with van der Waals surface area (Å²) >= 11 is 0. The van der Waals surface area contributed by atoms with Gasteiger partial charge in [-0.15, -0.1) is 0 Å². The minimum absolute atomic E-state index is 0.135. The highest BCUT2D eigenvalue weighted by atomic mass is 16.6. The van der Waals surface area contributed by atoms with E-state index in [1.54, 1.807) is 0 Å². The second-order valence-corrected chi connectivity index (χ2v) is 9.47. The van der Waals surface area contributed by atoms with Gasteiger partial charge in [0.15, 0.2) is 0 Å². The normalized spacial score (nSPS) is 11.0. The molecule has 0 saturated carbocycles. The van der Waals surface area contributed by atoms with Crippen LogP contribution in [0.4, 0.5) is 0 Å². The van der Waals surface area contributed by atoms with E-state index in [9.17, 15) is 9.59 Å². The summed E-state index contributed by atoms with van der Waals surface area (Å²) in [4.78, 5) is 23.3. The van der Waals surface area contributed by atoms with Gasteiger partial charge in [0.25, 0.3) is 0 Å². The quantitative estimate of drug-likeness (QED) is 0.0815. The third-order valence-corrected chi connectivity index (χ3v) is 6.07. The molecule has 0 spiro atoms. The lowest BCUT2D eigenvalue weighted by atomic mass is 10.0. The number of ether oxygens (including phenoxy) is 4. The first-order valence-corrected chi connectivity index (χ1v) is 14.7. The summed E-state index contributed by atoms with van der Waals surface area (Å²) in [6.45, 7) is 6.59. The van der Waals surface area contributed by atoms with E-state index in [1.807, 2.05) is 0 Å². The highest BCUT2D eigenvalue weighted by molar-refractivity contribution is 5.69. The van der Waals surface area contributed by atoms with E-state index in [4.69, 9.17) is 18.9 Å². The van der Waals surface area contributed by atoms with Crippen LogP contribution in [0.15, 0.2) is 0 Å². The Labute approximate surface area is 216 Å². The van der Waals surface area contributed by atoms with Crippen molar-refractivity contribution in [1.82, 2.24) is 0 Å². The molecule has 0 rings (SSSR count). The number of rotatable bonds is 28. The van der Waals surface area contributed by atoms with Crippen LogP contribution in [0, 0.1) is 0 Å². The van der Waals surface area contributed by atoms with Crippen molar-refractivity contribution in [3.63, 3.8) is 0 Å². The molecule has 0 aliphatic heterocycles. The lowest BCUT2D eigenvalue weighted by molar-refractivity contribution is -0.147. The molecule has 0 aliphatic carbocycles. The first-order valence-electron chi connectivity index (χ1n) is 14.7. The van der Waals surface area contributed by atoms with E-state index in [1.165, 1.54) is 70.6 Å². The number of carbonyl (C=O) groups is 2. The van der Waals surface area contributed by atoms with Crippen LogP contribution in [0.5, 0.6) is 0 Å². The lowest BCUT2D eigenvalue weighted by Crippen LogP contribution is -2.15. The molecular formula is C29H56O6. The number of hydrogen-bond donors (Lipinski definition) is 0. The number of esters is 2. The molecule has 0 N–H and O–H groups in total. The first-order chi connectivity index (χ1) is 17.2. The van der Waals surface area contributed by atoms with E-state index in [0.29, 0.717) is 39.3 Å². The Morgan fingerprint density at radius 2 is 0.686 bits per heavy atom. The average molecular weight is 501 g/mol. The van der Waals surface area contributed by atoms with Gasteiger partial charge in [0, 0.05) is 12.8 Å². The molecule has 0 amide bonds. The van der Waals surface area contributed by atoms with E-state index in [0.717, 1.165) is 38.5 Å². The zero-order chi connectivity index (χ0) is 25.7. The Balaban J connectivity index is 3.21. The molecular weight excluding hydrogens is 444 g/mol. The van der Waals surface area contributed by atoms with Gasteiger partial charge in [-0.25, -0.2) is 0 Å². The predicted octanol–water partition coefficient (Wildman–Crippen LogP) is 7.56. The fourth-order valence-corrected chi connectivity index (χ4v) is 3.88. The maximum absolute atomic E-state index is 11.8. The Morgan fingerprint density at radius 3 is 1.06 bits per heavy atom. The van der Waals surface area contributed by atoms with Crippen molar-refractivity contribution in [2.24, 2.45) is 0 Å². The van der Waals surface area contributed by atoms with Crippen molar-refractivity contribution in [2.45, 2.75) is 136 Å². The molecule has 35 heavy (non-hydrogen) atoms. The topological polar surface area (TPSA) is 71.1 Å². The van der Waals surface area contributed by atoms with Gasteiger partial charge in [0.05, 0.1) is 26.4 Å². The Kier molecular flexibility index (Phi) is 28.1. The molecule has 208 valence electrons. The zero-order valence-corrected chi connectivity index (χ0v) is 23.1. The van der Waals surface area contributed by atoms with Gasteiger partial charge in [-0.2, -0.15) is 0 Å². The van der Waals surface area contributed by atoms with Gasteiger partial charge >= 0.3 is 11.9 Å². The standard InChI is InChI=1S/C29H56O6/c1-3-5-7-9-10-11-12-13-14-15-16-17-19-21-29(31)35-27-25-33-23-22-32-24-26-34-28(30)20-18-8-6-4-2/h3-27H2,1-2H3. The Morgan fingerprint density at radius 1 is 0.400 bits per heavy atom. The minimum Gasteiger partial charge on any atom is -0.463 e. The molecule has 6 heteroatoms.